The molecule has 3 nitrogen and oxygen atoms in total. The quantitative estimate of drug-likeness (QED) is 0.905. The molecule has 1 heterocycles. The average Bonchev–Trinajstić information content (AvgIpc) is 2.42. The first-order valence-electron chi connectivity index (χ1n) is 7.26. The monoisotopic (exact) mass is 260 g/mol. The van der Waals surface area contributed by atoms with E-state index in [2.05, 4.69) is 38.2 Å². The molecule has 2 unspecified atom stereocenters. The van der Waals surface area contributed by atoms with Crippen LogP contribution in [-0.2, 0) is 6.42 Å². The molecule has 0 bridgehead atoms. The standard InChI is InChI=1S/C16H24N2O/c1-4-5-14-6-8-15(9-7-14)16(19)18-11-10-17-12(2)13(18)3/h6-9,12-13,17H,4-5,10-11H2,1-3H3. The Morgan fingerprint density at radius 1 is 1.32 bits per heavy atom. The summed E-state index contributed by atoms with van der Waals surface area (Å²) in [7, 11) is 0. The van der Waals surface area contributed by atoms with Gasteiger partial charge in [0.15, 0.2) is 0 Å². The second-order valence-electron chi connectivity index (χ2n) is 5.43. The van der Waals surface area contributed by atoms with Crippen LogP contribution in [0.4, 0.5) is 0 Å². The summed E-state index contributed by atoms with van der Waals surface area (Å²) in [4.78, 5) is 14.5. The number of carbonyl (C=O) groups is 1. The van der Waals surface area contributed by atoms with E-state index >= 15 is 0 Å². The molecule has 1 N–H and O–H groups in total. The van der Waals surface area contributed by atoms with Crippen molar-refractivity contribution in [2.24, 2.45) is 0 Å². The molecule has 0 radical (unpaired) electrons. The van der Waals surface area contributed by atoms with Gasteiger partial charge >= 0.3 is 0 Å². The van der Waals surface area contributed by atoms with E-state index in [0.717, 1.165) is 31.5 Å². The maximum atomic E-state index is 12.5. The van der Waals surface area contributed by atoms with Crippen LogP contribution in [0.5, 0.6) is 0 Å². The Morgan fingerprint density at radius 2 is 2.00 bits per heavy atom. The van der Waals surface area contributed by atoms with Crippen LogP contribution in [0.3, 0.4) is 0 Å². The van der Waals surface area contributed by atoms with E-state index in [1.165, 1.54) is 5.56 Å². The molecule has 19 heavy (non-hydrogen) atoms. The van der Waals surface area contributed by atoms with Crippen LogP contribution in [0.25, 0.3) is 0 Å². The molecule has 1 fully saturated rings. The van der Waals surface area contributed by atoms with Crippen LogP contribution < -0.4 is 5.32 Å². The molecule has 1 amide bonds. The molecular weight excluding hydrogens is 236 g/mol. The van der Waals surface area contributed by atoms with Crippen molar-refractivity contribution < 1.29 is 4.79 Å². The predicted octanol–water partition coefficient (Wildman–Crippen LogP) is 2.46. The van der Waals surface area contributed by atoms with Gasteiger partial charge in [-0.2, -0.15) is 0 Å². The molecule has 1 saturated heterocycles. The average molecular weight is 260 g/mol. The minimum atomic E-state index is 0.156. The summed E-state index contributed by atoms with van der Waals surface area (Å²) in [5.41, 5.74) is 2.11. The maximum Gasteiger partial charge on any atom is 0.254 e. The number of piperazine rings is 1. The minimum absolute atomic E-state index is 0.156. The van der Waals surface area contributed by atoms with Gasteiger partial charge in [-0.25, -0.2) is 0 Å². The molecule has 2 atom stereocenters. The fourth-order valence-electron chi connectivity index (χ4n) is 2.61. The van der Waals surface area contributed by atoms with Crippen molar-refractivity contribution in [2.45, 2.75) is 45.7 Å². The molecule has 2 rings (SSSR count). The van der Waals surface area contributed by atoms with Gasteiger partial charge < -0.3 is 10.2 Å². The van der Waals surface area contributed by atoms with Crippen molar-refractivity contribution in [3.63, 3.8) is 0 Å². The van der Waals surface area contributed by atoms with Gasteiger partial charge in [-0.15, -0.1) is 0 Å². The van der Waals surface area contributed by atoms with E-state index in [9.17, 15) is 4.79 Å². The number of amides is 1. The lowest BCUT2D eigenvalue weighted by Crippen LogP contribution is -2.57. The largest absolute Gasteiger partial charge is 0.333 e. The Morgan fingerprint density at radius 3 is 2.63 bits per heavy atom. The third-order valence-electron chi connectivity index (χ3n) is 4.03. The van der Waals surface area contributed by atoms with E-state index in [1.54, 1.807) is 0 Å². The number of nitrogens with one attached hydrogen (secondary N) is 1. The van der Waals surface area contributed by atoms with Crippen LogP contribution in [0.1, 0.15) is 43.1 Å². The first kappa shape index (κ1) is 14.1. The molecule has 0 aliphatic carbocycles. The molecule has 0 saturated carbocycles. The fourth-order valence-corrected chi connectivity index (χ4v) is 2.61. The van der Waals surface area contributed by atoms with E-state index in [-0.39, 0.29) is 11.9 Å². The van der Waals surface area contributed by atoms with Gasteiger partial charge in [-0.05, 0) is 38.0 Å². The highest BCUT2D eigenvalue weighted by atomic mass is 16.2. The smallest absolute Gasteiger partial charge is 0.254 e. The van der Waals surface area contributed by atoms with E-state index in [0.29, 0.717) is 6.04 Å². The summed E-state index contributed by atoms with van der Waals surface area (Å²) in [6.07, 6.45) is 2.22. The Kier molecular flexibility index (Phi) is 4.59. The van der Waals surface area contributed by atoms with Gasteiger partial charge in [0.1, 0.15) is 0 Å². The molecule has 1 aliphatic heterocycles. The van der Waals surface area contributed by atoms with Crippen molar-refractivity contribution >= 4 is 5.91 Å². The second-order valence-corrected chi connectivity index (χ2v) is 5.43. The van der Waals surface area contributed by atoms with Crippen LogP contribution in [0.15, 0.2) is 24.3 Å². The minimum Gasteiger partial charge on any atom is -0.333 e. The van der Waals surface area contributed by atoms with Gasteiger partial charge in [0.2, 0.25) is 0 Å². The van der Waals surface area contributed by atoms with Gasteiger partial charge in [-0.3, -0.25) is 4.79 Å². The lowest BCUT2D eigenvalue weighted by atomic mass is 10.0. The topological polar surface area (TPSA) is 32.3 Å². The second kappa shape index (κ2) is 6.20. The third-order valence-corrected chi connectivity index (χ3v) is 4.03. The summed E-state index contributed by atoms with van der Waals surface area (Å²) >= 11 is 0. The Balaban J connectivity index is 2.10. The van der Waals surface area contributed by atoms with Gasteiger partial charge in [0.05, 0.1) is 0 Å². The molecule has 104 valence electrons. The van der Waals surface area contributed by atoms with Crippen LogP contribution in [0.2, 0.25) is 0 Å². The lowest BCUT2D eigenvalue weighted by Gasteiger charge is -2.38. The number of hydrogen-bond acceptors (Lipinski definition) is 2. The first-order chi connectivity index (χ1) is 9.13. The fraction of sp³-hybridized carbons (Fsp3) is 0.562. The number of benzene rings is 1. The van der Waals surface area contributed by atoms with Crippen molar-refractivity contribution in [1.29, 1.82) is 0 Å². The molecule has 0 spiro atoms. The number of nitrogens with zero attached hydrogens (tertiary/aromatic N) is 1. The van der Waals surface area contributed by atoms with Crippen molar-refractivity contribution in [3.8, 4) is 0 Å². The van der Waals surface area contributed by atoms with Crippen LogP contribution in [0, 0.1) is 0 Å². The normalized spacial score (nSPS) is 23.4. The molecule has 3 heteroatoms. The summed E-state index contributed by atoms with van der Waals surface area (Å²) in [6, 6.07) is 8.69. The molecule has 1 aliphatic rings. The number of hydrogen-bond donors (Lipinski definition) is 1. The summed E-state index contributed by atoms with van der Waals surface area (Å²) in [5.74, 6) is 0.156. The summed E-state index contributed by atoms with van der Waals surface area (Å²) in [5, 5.41) is 3.40. The van der Waals surface area contributed by atoms with E-state index in [1.807, 2.05) is 17.0 Å². The van der Waals surface area contributed by atoms with Crippen molar-refractivity contribution in [2.75, 3.05) is 13.1 Å². The highest BCUT2D eigenvalue weighted by molar-refractivity contribution is 5.94. The van der Waals surface area contributed by atoms with Crippen LogP contribution >= 0.6 is 0 Å². The van der Waals surface area contributed by atoms with E-state index < -0.39 is 0 Å². The van der Waals surface area contributed by atoms with Crippen LogP contribution in [-0.4, -0.2) is 36.0 Å². The Bertz CT molecular complexity index is 427. The van der Waals surface area contributed by atoms with Crippen molar-refractivity contribution in [3.05, 3.63) is 35.4 Å². The Hall–Kier alpha value is -1.35. The predicted molar refractivity (Wildman–Crippen MR) is 78.4 cm³/mol. The molecule has 1 aromatic rings. The first-order valence-corrected chi connectivity index (χ1v) is 7.26. The SMILES string of the molecule is CCCc1ccc(C(=O)N2CCNC(C)C2C)cc1. The maximum absolute atomic E-state index is 12.5. The zero-order chi connectivity index (χ0) is 13.8. The van der Waals surface area contributed by atoms with Gasteiger partial charge in [0.25, 0.3) is 5.91 Å². The number of aryl methyl sites for hydroxylation is 1. The van der Waals surface area contributed by atoms with Gasteiger partial charge in [0, 0.05) is 30.7 Å². The zero-order valence-corrected chi connectivity index (χ0v) is 12.1. The highest BCUT2D eigenvalue weighted by Crippen LogP contribution is 2.15. The molecular formula is C16H24N2O. The van der Waals surface area contributed by atoms with E-state index in [4.69, 9.17) is 0 Å². The number of carbonyl (C=O) groups excluding carboxylic acids is 1. The number of rotatable bonds is 3. The summed E-state index contributed by atoms with van der Waals surface area (Å²) < 4.78 is 0. The molecule has 1 aromatic carbocycles. The third kappa shape index (κ3) is 3.16. The highest BCUT2D eigenvalue weighted by Gasteiger charge is 2.28. The Labute approximate surface area is 116 Å². The summed E-state index contributed by atoms with van der Waals surface area (Å²) in [6.45, 7) is 8.09. The molecule has 0 aromatic heterocycles. The van der Waals surface area contributed by atoms with Gasteiger partial charge in [-0.1, -0.05) is 25.5 Å². The zero-order valence-electron chi connectivity index (χ0n) is 12.1. The lowest BCUT2D eigenvalue weighted by molar-refractivity contribution is 0.0603. The van der Waals surface area contributed by atoms with Crippen molar-refractivity contribution in [1.82, 2.24) is 10.2 Å².